The van der Waals surface area contributed by atoms with Crippen LogP contribution in [-0.4, -0.2) is 38.3 Å². The number of nitrogens with zero attached hydrogens (tertiary/aromatic N) is 4. The molecule has 6 heteroatoms. The van der Waals surface area contributed by atoms with Crippen LogP contribution in [0.3, 0.4) is 0 Å². The van der Waals surface area contributed by atoms with Crippen LogP contribution >= 0.6 is 11.8 Å². The Morgan fingerprint density at radius 1 is 1.41 bits per heavy atom. The molecular weight excluding hydrogens is 234 g/mol. The second-order valence-electron chi connectivity index (χ2n) is 4.51. The van der Waals surface area contributed by atoms with Crippen molar-refractivity contribution in [2.45, 2.75) is 39.3 Å². The summed E-state index contributed by atoms with van der Waals surface area (Å²) in [4.78, 5) is 0. The summed E-state index contributed by atoms with van der Waals surface area (Å²) in [5, 5.41) is 15.3. The van der Waals surface area contributed by atoms with Crippen LogP contribution in [0.2, 0.25) is 0 Å². The van der Waals surface area contributed by atoms with Crippen molar-refractivity contribution in [2.24, 2.45) is 5.92 Å². The van der Waals surface area contributed by atoms with Crippen LogP contribution in [-0.2, 0) is 13.1 Å². The third kappa shape index (κ3) is 3.96. The van der Waals surface area contributed by atoms with Gasteiger partial charge in [-0.2, -0.15) is 11.8 Å². The van der Waals surface area contributed by atoms with Gasteiger partial charge in [0.1, 0.15) is 0 Å². The molecular formula is C11H21N5S. The summed E-state index contributed by atoms with van der Waals surface area (Å²) in [7, 11) is 0. The topological polar surface area (TPSA) is 55.6 Å². The van der Waals surface area contributed by atoms with Crippen LogP contribution in [0.15, 0.2) is 0 Å². The molecule has 0 aromatic carbocycles. The van der Waals surface area contributed by atoms with Crippen molar-refractivity contribution in [1.29, 1.82) is 0 Å². The van der Waals surface area contributed by atoms with Gasteiger partial charge in [-0.25, -0.2) is 4.68 Å². The van der Waals surface area contributed by atoms with Crippen LogP contribution in [0.25, 0.3) is 0 Å². The van der Waals surface area contributed by atoms with E-state index in [0.29, 0.717) is 0 Å². The third-order valence-corrected chi connectivity index (χ3v) is 4.14. The van der Waals surface area contributed by atoms with Crippen molar-refractivity contribution in [3.63, 3.8) is 0 Å². The average Bonchev–Trinajstić information content (AvgIpc) is 2.79. The molecule has 0 radical (unpaired) electrons. The maximum absolute atomic E-state index is 4.10. The molecule has 1 aliphatic heterocycles. The van der Waals surface area contributed by atoms with Gasteiger partial charge in [0.05, 0.1) is 6.54 Å². The molecule has 0 aliphatic carbocycles. The van der Waals surface area contributed by atoms with E-state index in [0.717, 1.165) is 37.8 Å². The molecule has 0 bridgehead atoms. The van der Waals surface area contributed by atoms with Crippen LogP contribution in [0.1, 0.15) is 32.0 Å². The van der Waals surface area contributed by atoms with Gasteiger partial charge in [-0.15, -0.1) is 5.10 Å². The Morgan fingerprint density at radius 2 is 2.24 bits per heavy atom. The molecule has 0 amide bonds. The fourth-order valence-electron chi connectivity index (χ4n) is 2.04. The molecule has 1 aromatic heterocycles. The Bertz CT molecular complexity index is 321. The maximum atomic E-state index is 4.10. The van der Waals surface area contributed by atoms with Crippen LogP contribution in [0.5, 0.6) is 0 Å². The summed E-state index contributed by atoms with van der Waals surface area (Å²) in [6, 6.07) is 0. The number of aromatic nitrogens is 4. The van der Waals surface area contributed by atoms with E-state index in [1.165, 1.54) is 24.3 Å². The number of hydrogen-bond donors (Lipinski definition) is 1. The zero-order valence-electron chi connectivity index (χ0n) is 10.4. The van der Waals surface area contributed by atoms with Gasteiger partial charge in [-0.1, -0.05) is 6.92 Å². The highest BCUT2D eigenvalue weighted by Crippen LogP contribution is 2.23. The standard InChI is InChI=1S/C11H21N5S/c1-2-5-12-8-11-13-14-15-16(11)9-10-3-6-17-7-4-10/h10,12H,2-9H2,1H3. The van der Waals surface area contributed by atoms with E-state index in [1.807, 2.05) is 4.68 Å². The largest absolute Gasteiger partial charge is 0.310 e. The van der Waals surface area contributed by atoms with Gasteiger partial charge in [-0.3, -0.25) is 0 Å². The monoisotopic (exact) mass is 255 g/mol. The van der Waals surface area contributed by atoms with Gasteiger partial charge in [0.2, 0.25) is 0 Å². The minimum atomic E-state index is 0.754. The molecule has 96 valence electrons. The zero-order chi connectivity index (χ0) is 11.9. The molecule has 5 nitrogen and oxygen atoms in total. The number of hydrogen-bond acceptors (Lipinski definition) is 5. The van der Waals surface area contributed by atoms with E-state index in [-0.39, 0.29) is 0 Å². The third-order valence-electron chi connectivity index (χ3n) is 3.09. The fourth-order valence-corrected chi connectivity index (χ4v) is 3.25. The second-order valence-corrected chi connectivity index (χ2v) is 5.73. The number of rotatable bonds is 6. The summed E-state index contributed by atoms with van der Waals surface area (Å²) < 4.78 is 1.98. The first-order valence-electron chi connectivity index (χ1n) is 6.43. The number of tetrazole rings is 1. The minimum absolute atomic E-state index is 0.754. The number of nitrogens with one attached hydrogen (secondary N) is 1. The molecule has 2 heterocycles. The molecule has 0 atom stereocenters. The molecule has 1 aromatic rings. The molecule has 0 unspecified atom stereocenters. The minimum Gasteiger partial charge on any atom is -0.310 e. The zero-order valence-corrected chi connectivity index (χ0v) is 11.2. The van der Waals surface area contributed by atoms with Crippen LogP contribution in [0, 0.1) is 5.92 Å². The van der Waals surface area contributed by atoms with Crippen molar-refractivity contribution in [1.82, 2.24) is 25.5 Å². The molecule has 0 saturated carbocycles. The SMILES string of the molecule is CCCNCc1nnnn1CC1CCSCC1. The van der Waals surface area contributed by atoms with E-state index in [1.54, 1.807) is 0 Å². The van der Waals surface area contributed by atoms with Gasteiger partial charge in [-0.05, 0) is 53.7 Å². The molecule has 1 saturated heterocycles. The van der Waals surface area contributed by atoms with Crippen molar-refractivity contribution in [2.75, 3.05) is 18.1 Å². The van der Waals surface area contributed by atoms with Crippen molar-refractivity contribution >= 4 is 11.8 Å². The molecule has 1 aliphatic rings. The van der Waals surface area contributed by atoms with Crippen LogP contribution in [0.4, 0.5) is 0 Å². The lowest BCUT2D eigenvalue weighted by Gasteiger charge is -2.21. The van der Waals surface area contributed by atoms with Crippen molar-refractivity contribution < 1.29 is 0 Å². The summed E-state index contributed by atoms with van der Waals surface area (Å²) >= 11 is 2.06. The Balaban J connectivity index is 1.84. The Morgan fingerprint density at radius 3 is 3.00 bits per heavy atom. The van der Waals surface area contributed by atoms with E-state index < -0.39 is 0 Å². The van der Waals surface area contributed by atoms with E-state index in [4.69, 9.17) is 0 Å². The molecule has 1 N–H and O–H groups in total. The van der Waals surface area contributed by atoms with Gasteiger partial charge in [0.15, 0.2) is 5.82 Å². The Kier molecular flexibility index (Phi) is 5.25. The summed E-state index contributed by atoms with van der Waals surface area (Å²) in [6.07, 6.45) is 3.74. The highest BCUT2D eigenvalue weighted by molar-refractivity contribution is 7.99. The normalized spacial score (nSPS) is 17.5. The van der Waals surface area contributed by atoms with Crippen LogP contribution < -0.4 is 5.32 Å². The highest BCUT2D eigenvalue weighted by Gasteiger charge is 2.16. The van der Waals surface area contributed by atoms with Gasteiger partial charge >= 0.3 is 0 Å². The van der Waals surface area contributed by atoms with E-state index >= 15 is 0 Å². The first kappa shape index (κ1) is 12.8. The van der Waals surface area contributed by atoms with Gasteiger partial charge < -0.3 is 5.32 Å². The number of thioether (sulfide) groups is 1. The molecule has 2 rings (SSSR count). The fraction of sp³-hybridized carbons (Fsp3) is 0.909. The molecule has 1 fully saturated rings. The maximum Gasteiger partial charge on any atom is 0.165 e. The molecule has 0 spiro atoms. The predicted octanol–water partition coefficient (Wildman–Crippen LogP) is 1.32. The Labute approximate surface area is 107 Å². The quantitative estimate of drug-likeness (QED) is 0.777. The van der Waals surface area contributed by atoms with Crippen molar-refractivity contribution in [3.05, 3.63) is 5.82 Å². The first-order chi connectivity index (χ1) is 8.40. The molecule has 17 heavy (non-hydrogen) atoms. The lowest BCUT2D eigenvalue weighted by molar-refractivity contribution is 0.378. The average molecular weight is 255 g/mol. The summed E-state index contributed by atoms with van der Waals surface area (Å²) in [5.74, 6) is 4.30. The smallest absolute Gasteiger partial charge is 0.165 e. The first-order valence-corrected chi connectivity index (χ1v) is 7.59. The van der Waals surface area contributed by atoms with Crippen molar-refractivity contribution in [3.8, 4) is 0 Å². The van der Waals surface area contributed by atoms with Gasteiger partial charge in [0, 0.05) is 6.54 Å². The Hall–Kier alpha value is -0.620. The predicted molar refractivity (Wildman–Crippen MR) is 69.9 cm³/mol. The highest BCUT2D eigenvalue weighted by atomic mass is 32.2. The van der Waals surface area contributed by atoms with Gasteiger partial charge in [0.25, 0.3) is 0 Å². The van der Waals surface area contributed by atoms with E-state index in [2.05, 4.69) is 39.5 Å². The summed E-state index contributed by atoms with van der Waals surface area (Å²) in [6.45, 7) is 4.95. The lowest BCUT2D eigenvalue weighted by atomic mass is 10.0. The lowest BCUT2D eigenvalue weighted by Crippen LogP contribution is -2.22. The summed E-state index contributed by atoms with van der Waals surface area (Å²) in [5.41, 5.74) is 0. The van der Waals surface area contributed by atoms with E-state index in [9.17, 15) is 0 Å². The second kappa shape index (κ2) is 6.96.